The Balaban J connectivity index is 1.57. The Hall–Kier alpha value is -1.44. The van der Waals surface area contributed by atoms with E-state index in [0.29, 0.717) is 18.9 Å². The van der Waals surface area contributed by atoms with Crippen LogP contribution in [0.2, 0.25) is 0 Å². The number of carbonyl (C=O) groups excluding carboxylic acids is 1. The number of amides is 1. The molecule has 1 aliphatic rings. The van der Waals surface area contributed by atoms with Crippen molar-refractivity contribution in [3.05, 3.63) is 5.89 Å². The molecule has 0 unspecified atom stereocenters. The third kappa shape index (κ3) is 5.93. The normalized spacial score (nSPS) is 16.4. The van der Waals surface area contributed by atoms with Gasteiger partial charge in [0.1, 0.15) is 0 Å². The van der Waals surface area contributed by atoms with Gasteiger partial charge in [0.05, 0.1) is 0 Å². The highest BCUT2D eigenvalue weighted by molar-refractivity contribution is 7.90. The van der Waals surface area contributed by atoms with Crippen molar-refractivity contribution in [2.75, 3.05) is 12.8 Å². The number of aromatic nitrogens is 2. The maximum absolute atomic E-state index is 11.9. The van der Waals surface area contributed by atoms with E-state index < -0.39 is 9.84 Å². The standard InChI is InChI=1S/C15H25N3O4S/c1-23(20,21)15-18-17-13(22-15)10-6-3-7-11-16-14(19)12-8-4-2-5-9-12/h12H,2-11H2,1H3,(H,16,19). The van der Waals surface area contributed by atoms with E-state index in [1.165, 1.54) is 6.42 Å². The van der Waals surface area contributed by atoms with Crippen LogP contribution in [0.25, 0.3) is 0 Å². The number of hydrogen-bond acceptors (Lipinski definition) is 6. The third-order valence-corrected chi connectivity index (χ3v) is 4.91. The zero-order chi connectivity index (χ0) is 16.7. The molecule has 0 spiro atoms. The van der Waals surface area contributed by atoms with Crippen molar-refractivity contribution < 1.29 is 17.6 Å². The highest BCUT2D eigenvalue weighted by Crippen LogP contribution is 2.23. The van der Waals surface area contributed by atoms with Gasteiger partial charge in [-0.05, 0) is 25.7 Å². The molecule has 23 heavy (non-hydrogen) atoms. The second-order valence-corrected chi connectivity index (χ2v) is 8.06. The van der Waals surface area contributed by atoms with E-state index in [1.807, 2.05) is 0 Å². The van der Waals surface area contributed by atoms with Crippen molar-refractivity contribution >= 4 is 15.7 Å². The summed E-state index contributed by atoms with van der Waals surface area (Å²) < 4.78 is 27.5. The molecule has 1 aromatic rings. The minimum atomic E-state index is -3.43. The lowest BCUT2D eigenvalue weighted by Gasteiger charge is -2.20. The quantitative estimate of drug-likeness (QED) is 0.723. The van der Waals surface area contributed by atoms with Crippen LogP contribution in [0.3, 0.4) is 0 Å². The maximum atomic E-state index is 11.9. The Kier molecular flexibility index (Phi) is 6.56. The summed E-state index contributed by atoms with van der Waals surface area (Å²) in [6, 6.07) is 0. The van der Waals surface area contributed by atoms with Gasteiger partial charge in [-0.3, -0.25) is 4.79 Å². The Morgan fingerprint density at radius 3 is 2.57 bits per heavy atom. The number of rotatable bonds is 8. The second-order valence-electron chi connectivity index (χ2n) is 6.17. The first kappa shape index (κ1) is 17.9. The van der Waals surface area contributed by atoms with E-state index in [-0.39, 0.29) is 17.0 Å². The van der Waals surface area contributed by atoms with Crippen molar-refractivity contribution in [1.82, 2.24) is 15.5 Å². The molecule has 1 amide bonds. The smallest absolute Gasteiger partial charge is 0.335 e. The number of aryl methyl sites for hydroxylation is 1. The van der Waals surface area contributed by atoms with Gasteiger partial charge in [-0.1, -0.05) is 30.8 Å². The largest absolute Gasteiger partial charge is 0.413 e. The van der Waals surface area contributed by atoms with Crippen molar-refractivity contribution in [2.45, 2.75) is 63.0 Å². The summed E-state index contributed by atoms with van der Waals surface area (Å²) >= 11 is 0. The van der Waals surface area contributed by atoms with Gasteiger partial charge < -0.3 is 9.73 Å². The van der Waals surface area contributed by atoms with Crippen LogP contribution < -0.4 is 5.32 Å². The summed E-state index contributed by atoms with van der Waals surface area (Å²) in [7, 11) is -3.43. The molecule has 7 nitrogen and oxygen atoms in total. The fraction of sp³-hybridized carbons (Fsp3) is 0.800. The second kappa shape index (κ2) is 8.42. The van der Waals surface area contributed by atoms with Gasteiger partial charge in [0.2, 0.25) is 21.6 Å². The molecule has 1 aromatic heterocycles. The first-order chi connectivity index (χ1) is 11.0. The van der Waals surface area contributed by atoms with Gasteiger partial charge in [0.15, 0.2) is 0 Å². The Bertz CT molecular complexity index is 606. The molecule has 2 rings (SSSR count). The van der Waals surface area contributed by atoms with Crippen LogP contribution in [0.5, 0.6) is 0 Å². The van der Waals surface area contributed by atoms with E-state index in [2.05, 4.69) is 15.5 Å². The fourth-order valence-corrected chi connectivity index (χ4v) is 3.22. The average Bonchev–Trinajstić information content (AvgIpc) is 3.00. The number of carbonyl (C=O) groups is 1. The number of nitrogens with zero attached hydrogens (tertiary/aromatic N) is 2. The summed E-state index contributed by atoms with van der Waals surface area (Å²) in [6.07, 6.45) is 9.85. The zero-order valence-corrected chi connectivity index (χ0v) is 14.4. The highest BCUT2D eigenvalue weighted by Gasteiger charge is 2.20. The summed E-state index contributed by atoms with van der Waals surface area (Å²) in [5.41, 5.74) is 0. The summed E-state index contributed by atoms with van der Waals surface area (Å²) in [4.78, 5) is 11.9. The van der Waals surface area contributed by atoms with Gasteiger partial charge in [0.25, 0.3) is 0 Å². The maximum Gasteiger partial charge on any atom is 0.335 e. The lowest BCUT2D eigenvalue weighted by Crippen LogP contribution is -2.32. The average molecular weight is 343 g/mol. The molecule has 0 bridgehead atoms. The van der Waals surface area contributed by atoms with Crippen LogP contribution in [0.1, 0.15) is 57.3 Å². The molecule has 130 valence electrons. The molecule has 0 atom stereocenters. The molecule has 0 aliphatic heterocycles. The molecule has 8 heteroatoms. The van der Waals surface area contributed by atoms with Gasteiger partial charge in [-0.2, -0.15) is 0 Å². The van der Waals surface area contributed by atoms with Gasteiger partial charge in [-0.25, -0.2) is 8.42 Å². The van der Waals surface area contributed by atoms with E-state index in [1.54, 1.807) is 0 Å². The topological polar surface area (TPSA) is 102 Å². The van der Waals surface area contributed by atoms with Crippen LogP contribution in [-0.2, 0) is 21.1 Å². The number of unbranched alkanes of at least 4 members (excludes halogenated alkanes) is 2. The minimum Gasteiger partial charge on any atom is -0.413 e. The lowest BCUT2D eigenvalue weighted by atomic mass is 9.89. The van der Waals surface area contributed by atoms with Crippen LogP contribution in [0.4, 0.5) is 0 Å². The third-order valence-electron chi connectivity index (χ3n) is 4.11. The molecule has 1 fully saturated rings. The van der Waals surface area contributed by atoms with Crippen molar-refractivity contribution in [2.24, 2.45) is 5.92 Å². The molecule has 1 aliphatic carbocycles. The summed E-state index contributed by atoms with van der Waals surface area (Å²) in [5.74, 6) is 0.743. The molecular formula is C15H25N3O4S. The Morgan fingerprint density at radius 1 is 1.17 bits per heavy atom. The number of hydrogen-bond donors (Lipinski definition) is 1. The Labute approximate surface area is 137 Å². The first-order valence-electron chi connectivity index (χ1n) is 8.27. The van der Waals surface area contributed by atoms with Gasteiger partial charge >= 0.3 is 5.22 Å². The molecule has 0 radical (unpaired) electrons. The van der Waals surface area contributed by atoms with E-state index in [9.17, 15) is 13.2 Å². The number of sulfone groups is 1. The van der Waals surface area contributed by atoms with Crippen LogP contribution in [-0.4, -0.2) is 37.3 Å². The molecule has 1 saturated carbocycles. The lowest BCUT2D eigenvalue weighted by molar-refractivity contribution is -0.125. The van der Waals surface area contributed by atoms with Crippen LogP contribution in [0, 0.1) is 5.92 Å². The van der Waals surface area contributed by atoms with Crippen LogP contribution in [0.15, 0.2) is 9.64 Å². The summed E-state index contributed by atoms with van der Waals surface area (Å²) in [6.45, 7) is 0.688. The van der Waals surface area contributed by atoms with Crippen molar-refractivity contribution in [1.29, 1.82) is 0 Å². The molecule has 0 aromatic carbocycles. The SMILES string of the molecule is CS(=O)(=O)c1nnc(CCCCCNC(=O)C2CCCCC2)o1. The fourth-order valence-electron chi connectivity index (χ4n) is 2.79. The predicted molar refractivity (Wildman–Crippen MR) is 84.5 cm³/mol. The first-order valence-corrected chi connectivity index (χ1v) is 10.2. The molecule has 0 saturated heterocycles. The number of nitrogens with one attached hydrogen (secondary N) is 1. The van der Waals surface area contributed by atoms with E-state index >= 15 is 0 Å². The molecular weight excluding hydrogens is 318 g/mol. The molecule has 1 heterocycles. The van der Waals surface area contributed by atoms with Crippen LogP contribution >= 0.6 is 0 Å². The van der Waals surface area contributed by atoms with Gasteiger partial charge in [-0.15, -0.1) is 5.10 Å². The van der Waals surface area contributed by atoms with E-state index in [4.69, 9.17) is 4.42 Å². The van der Waals surface area contributed by atoms with Gasteiger partial charge in [0, 0.05) is 25.1 Å². The Morgan fingerprint density at radius 2 is 1.91 bits per heavy atom. The van der Waals surface area contributed by atoms with Crippen molar-refractivity contribution in [3.63, 3.8) is 0 Å². The predicted octanol–water partition coefficient (Wildman–Crippen LogP) is 1.88. The van der Waals surface area contributed by atoms with Crippen molar-refractivity contribution in [3.8, 4) is 0 Å². The highest BCUT2D eigenvalue weighted by atomic mass is 32.2. The molecule has 1 N–H and O–H groups in total. The summed E-state index contributed by atoms with van der Waals surface area (Å²) in [5, 5.41) is 9.92. The monoisotopic (exact) mass is 343 g/mol. The zero-order valence-electron chi connectivity index (χ0n) is 13.6. The minimum absolute atomic E-state index is 0.194. The van der Waals surface area contributed by atoms with E-state index in [0.717, 1.165) is 51.2 Å².